The Labute approximate surface area is 151 Å². The molecule has 1 nitrogen and oxygen atoms in total. The van der Waals surface area contributed by atoms with Gasteiger partial charge in [-0.25, -0.2) is 0 Å². The van der Waals surface area contributed by atoms with Crippen LogP contribution in [-0.4, -0.2) is 0 Å². The molecule has 0 bridgehead atoms. The Kier molecular flexibility index (Phi) is 15.5. The second-order valence-electron chi connectivity index (χ2n) is 6.87. The number of allylic oxidation sites excluding steroid dienone is 5. The molecular weight excluding hydrogens is 290 g/mol. The van der Waals surface area contributed by atoms with E-state index in [1.165, 1.54) is 50.5 Å². The average molecular weight is 330 g/mol. The fraction of sp³-hybridized carbons (Fsp3) is 0.652. The zero-order valence-corrected chi connectivity index (χ0v) is 16.3. The van der Waals surface area contributed by atoms with Crippen molar-refractivity contribution in [2.45, 2.75) is 91.4 Å². The lowest BCUT2D eigenvalue weighted by molar-refractivity contribution is 0.442. The quantitative estimate of drug-likeness (QED) is 0.209. The zero-order valence-electron chi connectivity index (χ0n) is 16.3. The Morgan fingerprint density at radius 3 is 2.38 bits per heavy atom. The highest BCUT2D eigenvalue weighted by molar-refractivity contribution is 5.30. The van der Waals surface area contributed by atoms with Gasteiger partial charge in [0.05, 0.1) is 0 Å². The summed E-state index contributed by atoms with van der Waals surface area (Å²) in [5.74, 6) is 3.67. The summed E-state index contributed by atoms with van der Waals surface area (Å²) in [4.78, 5) is 0. The number of rotatable bonds is 14. The largest absolute Gasteiger partial charge is 0.405 e. The van der Waals surface area contributed by atoms with Gasteiger partial charge in [0.1, 0.15) is 0 Å². The molecule has 0 amide bonds. The Bertz CT molecular complexity index is 420. The van der Waals surface area contributed by atoms with Gasteiger partial charge < -0.3 is 5.73 Å². The van der Waals surface area contributed by atoms with Crippen LogP contribution in [0, 0.1) is 18.3 Å². The van der Waals surface area contributed by atoms with Crippen LogP contribution in [0.4, 0.5) is 0 Å². The van der Waals surface area contributed by atoms with Crippen LogP contribution < -0.4 is 5.73 Å². The van der Waals surface area contributed by atoms with Gasteiger partial charge in [-0.3, -0.25) is 0 Å². The van der Waals surface area contributed by atoms with E-state index in [1.54, 1.807) is 6.20 Å². The fourth-order valence-electron chi connectivity index (χ4n) is 2.94. The third-order valence-electron chi connectivity index (χ3n) is 4.64. The molecular formula is C23H39N. The van der Waals surface area contributed by atoms with Crippen molar-refractivity contribution in [3.05, 3.63) is 35.6 Å². The minimum absolute atomic E-state index is 0.849. The highest BCUT2D eigenvalue weighted by Gasteiger charge is 2.03. The Balaban J connectivity index is 3.85. The van der Waals surface area contributed by atoms with E-state index >= 15 is 0 Å². The first-order valence-corrected chi connectivity index (χ1v) is 9.82. The SMILES string of the molecule is C#C/C(C)=C(\C/C=C\CC)CCCCCC(C)CCCC/C=C\N. The van der Waals surface area contributed by atoms with Gasteiger partial charge in [-0.2, -0.15) is 0 Å². The van der Waals surface area contributed by atoms with Crippen LogP contribution in [0.15, 0.2) is 35.6 Å². The van der Waals surface area contributed by atoms with Crippen molar-refractivity contribution in [3.63, 3.8) is 0 Å². The minimum atomic E-state index is 0.849. The molecule has 0 aliphatic heterocycles. The normalized spacial score (nSPS) is 14.1. The summed E-state index contributed by atoms with van der Waals surface area (Å²) in [5.41, 5.74) is 7.93. The average Bonchev–Trinajstić information content (AvgIpc) is 2.59. The van der Waals surface area contributed by atoms with Crippen LogP contribution in [0.1, 0.15) is 91.4 Å². The van der Waals surface area contributed by atoms with Crippen LogP contribution in [0.3, 0.4) is 0 Å². The predicted octanol–water partition coefficient (Wildman–Crippen LogP) is 6.91. The molecule has 1 heteroatoms. The van der Waals surface area contributed by atoms with Crippen molar-refractivity contribution in [3.8, 4) is 12.3 Å². The van der Waals surface area contributed by atoms with Crippen LogP contribution in [0.5, 0.6) is 0 Å². The number of terminal acetylenes is 1. The maximum atomic E-state index is 5.58. The summed E-state index contributed by atoms with van der Waals surface area (Å²) in [6.45, 7) is 6.64. The molecule has 0 fully saturated rings. The van der Waals surface area contributed by atoms with Gasteiger partial charge in [0.2, 0.25) is 0 Å². The van der Waals surface area contributed by atoms with E-state index in [2.05, 4.69) is 44.9 Å². The second kappa shape index (κ2) is 16.4. The molecule has 0 aromatic carbocycles. The monoisotopic (exact) mass is 329 g/mol. The Morgan fingerprint density at radius 2 is 1.75 bits per heavy atom. The number of hydrogen-bond donors (Lipinski definition) is 1. The lowest BCUT2D eigenvalue weighted by Crippen LogP contribution is -1.95. The molecule has 136 valence electrons. The third-order valence-corrected chi connectivity index (χ3v) is 4.64. The zero-order chi connectivity index (χ0) is 18.0. The molecule has 0 aromatic heterocycles. The van der Waals surface area contributed by atoms with E-state index < -0.39 is 0 Å². The molecule has 1 unspecified atom stereocenters. The number of nitrogens with two attached hydrogens (primary N) is 1. The molecule has 2 N–H and O–H groups in total. The maximum Gasteiger partial charge on any atom is -0.00183 e. The van der Waals surface area contributed by atoms with Gasteiger partial charge in [0.15, 0.2) is 0 Å². The second-order valence-corrected chi connectivity index (χ2v) is 6.87. The van der Waals surface area contributed by atoms with E-state index in [0.29, 0.717) is 0 Å². The molecule has 1 atom stereocenters. The minimum Gasteiger partial charge on any atom is -0.405 e. The third kappa shape index (κ3) is 13.1. The molecule has 0 saturated heterocycles. The summed E-state index contributed by atoms with van der Waals surface area (Å²) < 4.78 is 0. The van der Waals surface area contributed by atoms with Crippen molar-refractivity contribution in [2.75, 3.05) is 0 Å². The van der Waals surface area contributed by atoms with E-state index in [1.807, 2.05) is 0 Å². The highest BCUT2D eigenvalue weighted by atomic mass is 14.5. The van der Waals surface area contributed by atoms with Crippen molar-refractivity contribution < 1.29 is 0 Å². The highest BCUT2D eigenvalue weighted by Crippen LogP contribution is 2.21. The van der Waals surface area contributed by atoms with Gasteiger partial charge in [-0.15, -0.1) is 6.42 Å². The lowest BCUT2D eigenvalue weighted by atomic mass is 9.95. The van der Waals surface area contributed by atoms with Crippen molar-refractivity contribution in [1.29, 1.82) is 0 Å². The molecule has 0 heterocycles. The first-order chi connectivity index (χ1) is 11.7. The van der Waals surface area contributed by atoms with E-state index in [4.69, 9.17) is 12.2 Å². The van der Waals surface area contributed by atoms with Gasteiger partial charge in [-0.1, -0.05) is 75.7 Å². The van der Waals surface area contributed by atoms with Crippen LogP contribution >= 0.6 is 0 Å². The summed E-state index contributed by atoms with van der Waals surface area (Å²) in [7, 11) is 0. The summed E-state index contributed by atoms with van der Waals surface area (Å²) in [6.07, 6.45) is 27.4. The maximum absolute atomic E-state index is 5.58. The number of unbranched alkanes of at least 4 members (excludes halogenated alkanes) is 4. The van der Waals surface area contributed by atoms with Crippen LogP contribution in [0.2, 0.25) is 0 Å². The van der Waals surface area contributed by atoms with Gasteiger partial charge >= 0.3 is 0 Å². The molecule has 0 saturated carbocycles. The summed E-state index contributed by atoms with van der Waals surface area (Å²) in [5, 5.41) is 0. The topological polar surface area (TPSA) is 26.0 Å². The van der Waals surface area contributed by atoms with Crippen LogP contribution in [0.25, 0.3) is 0 Å². The molecule has 0 radical (unpaired) electrons. The van der Waals surface area contributed by atoms with E-state index in [9.17, 15) is 0 Å². The fourth-order valence-corrected chi connectivity index (χ4v) is 2.94. The molecule has 0 rings (SSSR count). The van der Waals surface area contributed by atoms with Crippen LogP contribution in [-0.2, 0) is 0 Å². The predicted molar refractivity (Wildman–Crippen MR) is 110 cm³/mol. The molecule has 0 aliphatic carbocycles. The van der Waals surface area contributed by atoms with Gasteiger partial charge in [0, 0.05) is 0 Å². The van der Waals surface area contributed by atoms with E-state index in [0.717, 1.165) is 37.2 Å². The molecule has 0 aliphatic rings. The van der Waals surface area contributed by atoms with Gasteiger partial charge in [-0.05, 0) is 63.1 Å². The molecule has 0 spiro atoms. The Morgan fingerprint density at radius 1 is 1.04 bits per heavy atom. The van der Waals surface area contributed by atoms with Crippen molar-refractivity contribution in [1.82, 2.24) is 0 Å². The van der Waals surface area contributed by atoms with Gasteiger partial charge in [0.25, 0.3) is 0 Å². The molecule has 24 heavy (non-hydrogen) atoms. The van der Waals surface area contributed by atoms with Crippen molar-refractivity contribution in [2.24, 2.45) is 11.7 Å². The summed E-state index contributed by atoms with van der Waals surface area (Å²) in [6, 6.07) is 0. The van der Waals surface area contributed by atoms with E-state index in [-0.39, 0.29) is 0 Å². The Hall–Kier alpha value is -1.42. The smallest absolute Gasteiger partial charge is 0.00183 e. The summed E-state index contributed by atoms with van der Waals surface area (Å²) >= 11 is 0. The number of hydrogen-bond acceptors (Lipinski definition) is 1. The molecule has 0 aromatic rings. The van der Waals surface area contributed by atoms with Crippen molar-refractivity contribution >= 4 is 0 Å². The first kappa shape index (κ1) is 22.6. The lowest BCUT2D eigenvalue weighted by Gasteiger charge is -2.11. The standard InChI is InChI=1S/C23H39N/c1-5-7-11-18-23(22(4)6-2)19-14-10-13-17-21(3)16-12-8-9-15-20-24/h2,7,11,15,20-21H,5,8-10,12-14,16-19,24H2,1,3-4H3/b11-7-,20-15-,23-22+. The first-order valence-electron chi connectivity index (χ1n) is 9.82.